The zero-order chi connectivity index (χ0) is 26.3. The van der Waals surface area contributed by atoms with E-state index in [2.05, 4.69) is 9.44 Å². The van der Waals surface area contributed by atoms with Gasteiger partial charge in [0.2, 0.25) is 26.1 Å². The Morgan fingerprint density at radius 2 is 1.56 bits per heavy atom. The van der Waals surface area contributed by atoms with Crippen LogP contribution in [0.5, 0.6) is 0 Å². The van der Waals surface area contributed by atoms with E-state index >= 15 is 0 Å². The number of nitro groups is 1. The van der Waals surface area contributed by atoms with Crippen LogP contribution in [-0.2, 0) is 29.6 Å². The maximum Gasteiger partial charge on any atom is 0.307 e. The number of sulfonamides is 2. The molecule has 208 valence electrons. The number of carbonyl (C=O) groups is 1. The summed E-state index contributed by atoms with van der Waals surface area (Å²) in [6.45, 7) is 1.95. The van der Waals surface area contributed by atoms with E-state index in [1.807, 2.05) is 0 Å². The van der Waals surface area contributed by atoms with Crippen LogP contribution in [0.4, 0.5) is 0 Å². The number of ether oxygens (including phenoxy) is 1. The molecule has 0 aromatic heterocycles. The van der Waals surface area contributed by atoms with Gasteiger partial charge in [0.25, 0.3) is 0 Å². The molecule has 0 radical (unpaired) electrons. The van der Waals surface area contributed by atoms with Crippen LogP contribution in [0.2, 0.25) is 0 Å². The third-order valence-electron chi connectivity index (χ3n) is 7.96. The second-order valence-corrected chi connectivity index (χ2v) is 14.5. The van der Waals surface area contributed by atoms with Gasteiger partial charge in [-0.05, 0) is 57.8 Å². The minimum Gasteiger partial charge on any atom is -0.466 e. The van der Waals surface area contributed by atoms with Crippen LogP contribution < -0.4 is 9.44 Å². The van der Waals surface area contributed by atoms with Crippen molar-refractivity contribution < 1.29 is 31.3 Å². The Balaban J connectivity index is 1.65. The zero-order valence-electron chi connectivity index (χ0n) is 21.1. The van der Waals surface area contributed by atoms with Gasteiger partial charge in [-0.1, -0.05) is 25.7 Å². The summed E-state index contributed by atoms with van der Waals surface area (Å²) >= 11 is 0. The van der Waals surface area contributed by atoms with E-state index in [4.69, 9.17) is 4.74 Å². The molecular weight excluding hydrogens is 510 g/mol. The Labute approximate surface area is 214 Å². The van der Waals surface area contributed by atoms with E-state index in [0.717, 1.165) is 32.1 Å². The summed E-state index contributed by atoms with van der Waals surface area (Å²) in [6.07, 6.45) is 7.61. The fraction of sp³-hybridized carbons (Fsp3) is 0.957. The molecule has 3 aliphatic carbocycles. The predicted octanol–water partition coefficient (Wildman–Crippen LogP) is 2.63. The summed E-state index contributed by atoms with van der Waals surface area (Å²) in [6, 6.07) is -1.94. The number of esters is 1. The number of hydrogen-bond donors (Lipinski definition) is 2. The van der Waals surface area contributed by atoms with Gasteiger partial charge >= 0.3 is 5.97 Å². The first-order valence-corrected chi connectivity index (χ1v) is 16.4. The van der Waals surface area contributed by atoms with Crippen LogP contribution in [0.1, 0.15) is 96.8 Å². The van der Waals surface area contributed by atoms with Crippen molar-refractivity contribution in [3.63, 3.8) is 0 Å². The van der Waals surface area contributed by atoms with Crippen molar-refractivity contribution in [2.75, 3.05) is 6.61 Å². The first kappa shape index (κ1) is 29.2. The highest BCUT2D eigenvalue weighted by Gasteiger charge is 2.40. The van der Waals surface area contributed by atoms with Crippen LogP contribution in [-0.4, -0.2) is 63.0 Å². The smallest absolute Gasteiger partial charge is 0.307 e. The van der Waals surface area contributed by atoms with E-state index in [0.29, 0.717) is 38.5 Å². The lowest BCUT2D eigenvalue weighted by atomic mass is 9.83. The fourth-order valence-corrected chi connectivity index (χ4v) is 9.68. The van der Waals surface area contributed by atoms with Crippen molar-refractivity contribution in [1.29, 1.82) is 0 Å². The molecule has 3 fully saturated rings. The van der Waals surface area contributed by atoms with E-state index in [1.165, 1.54) is 0 Å². The molecule has 5 unspecified atom stereocenters. The number of rotatable bonds is 11. The summed E-state index contributed by atoms with van der Waals surface area (Å²) in [7, 11) is -7.62. The second kappa shape index (κ2) is 13.0. The number of nitrogens with zero attached hydrogens (tertiary/aromatic N) is 1. The van der Waals surface area contributed by atoms with E-state index in [-0.39, 0.29) is 31.8 Å². The third kappa shape index (κ3) is 8.09. The van der Waals surface area contributed by atoms with Crippen LogP contribution in [0.15, 0.2) is 0 Å². The first-order chi connectivity index (χ1) is 17.0. The predicted molar refractivity (Wildman–Crippen MR) is 135 cm³/mol. The highest BCUT2D eigenvalue weighted by molar-refractivity contribution is 7.90. The van der Waals surface area contributed by atoms with Crippen LogP contribution in [0.3, 0.4) is 0 Å². The highest BCUT2D eigenvalue weighted by Crippen LogP contribution is 2.31. The summed E-state index contributed by atoms with van der Waals surface area (Å²) in [4.78, 5) is 23.0. The van der Waals surface area contributed by atoms with Gasteiger partial charge in [0.15, 0.2) is 0 Å². The van der Waals surface area contributed by atoms with Gasteiger partial charge in [0.1, 0.15) is 0 Å². The lowest BCUT2D eigenvalue weighted by Crippen LogP contribution is -2.51. The van der Waals surface area contributed by atoms with Crippen molar-refractivity contribution >= 4 is 26.0 Å². The van der Waals surface area contributed by atoms with Gasteiger partial charge in [-0.2, -0.15) is 0 Å². The van der Waals surface area contributed by atoms with Crippen molar-refractivity contribution in [1.82, 2.24) is 9.44 Å². The van der Waals surface area contributed by atoms with Crippen molar-refractivity contribution in [2.45, 2.75) is 125 Å². The quantitative estimate of drug-likeness (QED) is 0.225. The third-order valence-corrected chi connectivity index (χ3v) is 11.9. The van der Waals surface area contributed by atoms with E-state index < -0.39 is 59.6 Å². The summed E-state index contributed by atoms with van der Waals surface area (Å²) in [5, 5.41) is 9.55. The summed E-state index contributed by atoms with van der Waals surface area (Å²) < 4.78 is 63.3. The van der Waals surface area contributed by atoms with Crippen molar-refractivity contribution in [2.24, 2.45) is 5.92 Å². The maximum absolute atomic E-state index is 13.4. The Kier molecular flexibility index (Phi) is 10.5. The molecule has 3 aliphatic rings. The monoisotopic (exact) mass is 551 g/mol. The molecule has 0 spiro atoms. The minimum absolute atomic E-state index is 0.0141. The summed E-state index contributed by atoms with van der Waals surface area (Å²) in [5.74, 6) is -0.359. The average molecular weight is 552 g/mol. The van der Waals surface area contributed by atoms with Gasteiger partial charge < -0.3 is 4.74 Å². The molecule has 0 amide bonds. The lowest BCUT2D eigenvalue weighted by Gasteiger charge is -2.34. The van der Waals surface area contributed by atoms with E-state index in [1.54, 1.807) is 6.92 Å². The van der Waals surface area contributed by atoms with Gasteiger partial charge in [-0.25, -0.2) is 26.3 Å². The van der Waals surface area contributed by atoms with Crippen LogP contribution in [0.25, 0.3) is 0 Å². The first-order valence-electron chi connectivity index (χ1n) is 13.3. The molecule has 0 aromatic rings. The van der Waals surface area contributed by atoms with Crippen LogP contribution >= 0.6 is 0 Å². The van der Waals surface area contributed by atoms with Crippen molar-refractivity contribution in [3.8, 4) is 0 Å². The molecule has 5 atom stereocenters. The fourth-order valence-electron chi connectivity index (χ4n) is 6.00. The number of hydrogen-bond acceptors (Lipinski definition) is 8. The minimum atomic E-state index is -3.81. The molecule has 3 rings (SSSR count). The molecule has 0 heterocycles. The Morgan fingerprint density at radius 1 is 0.917 bits per heavy atom. The number of carbonyl (C=O) groups excluding carboxylic acids is 1. The SMILES string of the molecule is CCOC(=O)CC(NS(=O)(=O)C1CCCC(NS(=O)(=O)C2CCCC([N+](=O)[O-])C2)C1)C1CCCCC1. The molecule has 13 heteroatoms. The molecule has 11 nitrogen and oxygen atoms in total. The zero-order valence-corrected chi connectivity index (χ0v) is 22.7. The summed E-state index contributed by atoms with van der Waals surface area (Å²) in [5.41, 5.74) is 0. The highest BCUT2D eigenvalue weighted by atomic mass is 32.2. The molecule has 0 aliphatic heterocycles. The van der Waals surface area contributed by atoms with Gasteiger partial charge in [0, 0.05) is 29.8 Å². The molecule has 0 bridgehead atoms. The standard InChI is InChI=1S/C23H41N3O8S2/c1-2-34-23(27)16-22(17-8-4-3-5-9-17)25-36(32,33)20-12-6-10-18(14-20)24-35(30,31)21-13-7-11-19(15-21)26(28)29/h17-22,24-25H,2-16H2,1H3. The molecule has 0 saturated heterocycles. The molecule has 36 heavy (non-hydrogen) atoms. The number of nitrogens with one attached hydrogen (secondary N) is 2. The van der Waals surface area contributed by atoms with Gasteiger partial charge in [0.05, 0.1) is 23.5 Å². The second-order valence-electron chi connectivity index (χ2n) is 10.6. The lowest BCUT2D eigenvalue weighted by molar-refractivity contribution is -0.526. The Bertz CT molecular complexity index is 966. The Morgan fingerprint density at radius 3 is 2.19 bits per heavy atom. The molecule has 0 aromatic carbocycles. The average Bonchev–Trinajstić information content (AvgIpc) is 2.84. The topological polar surface area (TPSA) is 162 Å². The van der Waals surface area contributed by atoms with Gasteiger partial charge in [-0.15, -0.1) is 0 Å². The maximum atomic E-state index is 13.4. The normalized spacial score (nSPS) is 29.4. The van der Waals surface area contributed by atoms with Crippen LogP contribution in [0, 0.1) is 16.0 Å². The molecule has 2 N–H and O–H groups in total. The molecule has 3 saturated carbocycles. The van der Waals surface area contributed by atoms with Gasteiger partial charge in [-0.3, -0.25) is 14.9 Å². The molecular formula is C23H41N3O8S2. The van der Waals surface area contributed by atoms with Crippen molar-refractivity contribution in [3.05, 3.63) is 10.1 Å². The Hall–Kier alpha value is -1.31. The van der Waals surface area contributed by atoms with E-state index in [9.17, 15) is 31.7 Å². The largest absolute Gasteiger partial charge is 0.466 e.